The fourth-order valence-electron chi connectivity index (χ4n) is 8.12. The van der Waals surface area contributed by atoms with Gasteiger partial charge in [0.25, 0.3) is 17.4 Å². The summed E-state index contributed by atoms with van der Waals surface area (Å²) in [7, 11) is 0. The highest BCUT2D eigenvalue weighted by molar-refractivity contribution is 6.36. The number of nitrogens with one attached hydrogen (secondary N) is 5. The van der Waals surface area contributed by atoms with Crippen molar-refractivity contribution in [3.63, 3.8) is 0 Å². The van der Waals surface area contributed by atoms with E-state index in [1.165, 1.54) is 44.6 Å². The Kier molecular flexibility index (Phi) is 9.67. The van der Waals surface area contributed by atoms with Gasteiger partial charge in [-0.1, -0.05) is 20.8 Å². The predicted octanol–water partition coefficient (Wildman–Crippen LogP) is 3.25. The molecule has 2 aromatic rings. The van der Waals surface area contributed by atoms with Gasteiger partial charge in [0.2, 0.25) is 11.7 Å². The van der Waals surface area contributed by atoms with Crippen LogP contribution in [0.2, 0.25) is 0 Å². The zero-order valence-corrected chi connectivity index (χ0v) is 27.0. The Balaban J connectivity index is 1.25. The SMILES string of the molecule is CCNC(=O)C(=O)CC[C@H](NC(=O)c1c[nH]cc1C(C)(C)C)C(=O)Nc1cccn(CCNC23CC4CC(CC(C4)C2)C3)c1=O. The van der Waals surface area contributed by atoms with Crippen LogP contribution in [-0.4, -0.2) is 57.7 Å². The average Bonchev–Trinajstić information content (AvgIpc) is 3.47. The third-order valence-electron chi connectivity index (χ3n) is 9.84. The smallest absolute Gasteiger partial charge is 0.287 e. The maximum Gasteiger partial charge on any atom is 0.287 e. The van der Waals surface area contributed by atoms with Crippen LogP contribution in [0.1, 0.15) is 95.0 Å². The average molecular weight is 621 g/mol. The van der Waals surface area contributed by atoms with E-state index in [2.05, 4.69) is 26.3 Å². The van der Waals surface area contributed by atoms with Crippen LogP contribution in [-0.2, 0) is 26.3 Å². The number of amides is 3. The standard InChI is InChI=1S/C34H48N6O5/c1-5-36-31(44)28(41)9-8-26(38-29(42)24-19-35-20-25(24)33(2,3)4)30(43)39-27-7-6-11-40(32(27)45)12-10-37-34-16-21-13-22(17-34)15-23(14-21)18-34/h6-7,11,19-23,26,35,37H,5,8-10,12-18H2,1-4H3,(H,36,44)(H,38,42)(H,39,43)/t21?,22?,23?,26-,34?/m0/s1. The normalized spacial score (nSPS) is 24.2. The number of carbonyl (C=O) groups is 4. The Morgan fingerprint density at radius 1 is 1.04 bits per heavy atom. The van der Waals surface area contributed by atoms with Crippen molar-refractivity contribution in [1.29, 1.82) is 0 Å². The Morgan fingerprint density at radius 2 is 1.71 bits per heavy atom. The van der Waals surface area contributed by atoms with Gasteiger partial charge in [0.1, 0.15) is 11.7 Å². The van der Waals surface area contributed by atoms with Gasteiger partial charge in [-0.15, -0.1) is 0 Å². The molecule has 244 valence electrons. The second-order valence-corrected chi connectivity index (χ2v) is 14.4. The molecule has 0 spiro atoms. The molecule has 3 amide bonds. The molecule has 4 aliphatic rings. The molecule has 0 saturated heterocycles. The zero-order chi connectivity index (χ0) is 32.4. The van der Waals surface area contributed by atoms with Crippen LogP contribution < -0.4 is 26.8 Å². The van der Waals surface area contributed by atoms with Gasteiger partial charge in [-0.3, -0.25) is 24.0 Å². The molecule has 5 N–H and O–H groups in total. The molecule has 0 aromatic carbocycles. The topological polar surface area (TPSA) is 154 Å². The highest BCUT2D eigenvalue weighted by Crippen LogP contribution is 2.55. The number of ketones is 1. The number of rotatable bonds is 13. The number of nitrogens with zero attached hydrogens (tertiary/aromatic N) is 1. The van der Waals surface area contributed by atoms with Crippen molar-refractivity contribution in [1.82, 2.24) is 25.5 Å². The van der Waals surface area contributed by atoms with Gasteiger partial charge in [0.05, 0.1) is 5.56 Å². The van der Waals surface area contributed by atoms with Crippen molar-refractivity contribution in [2.24, 2.45) is 17.8 Å². The van der Waals surface area contributed by atoms with E-state index in [4.69, 9.17) is 0 Å². The Hall–Kier alpha value is -3.73. The summed E-state index contributed by atoms with van der Waals surface area (Å²) in [4.78, 5) is 67.7. The molecule has 6 rings (SSSR count). The number of anilines is 1. The van der Waals surface area contributed by atoms with Crippen molar-refractivity contribution in [2.45, 2.75) is 103 Å². The van der Waals surface area contributed by atoms with Gasteiger partial charge in [-0.2, -0.15) is 0 Å². The molecule has 11 heteroatoms. The van der Waals surface area contributed by atoms with Crippen LogP contribution in [0.15, 0.2) is 35.5 Å². The molecule has 4 saturated carbocycles. The fourth-order valence-corrected chi connectivity index (χ4v) is 8.12. The molecule has 0 unspecified atom stereocenters. The van der Waals surface area contributed by atoms with E-state index < -0.39 is 29.5 Å². The Bertz CT molecular complexity index is 1450. The summed E-state index contributed by atoms with van der Waals surface area (Å²) in [5.74, 6) is -0.0769. The minimum atomic E-state index is -1.16. The number of aromatic nitrogens is 2. The van der Waals surface area contributed by atoms with E-state index in [0.717, 1.165) is 23.3 Å². The summed E-state index contributed by atoms with van der Waals surface area (Å²) in [5.41, 5.74) is 0.742. The summed E-state index contributed by atoms with van der Waals surface area (Å²) in [6.07, 6.45) is 12.4. The predicted molar refractivity (Wildman–Crippen MR) is 172 cm³/mol. The van der Waals surface area contributed by atoms with Crippen LogP contribution >= 0.6 is 0 Å². The largest absolute Gasteiger partial charge is 0.367 e. The van der Waals surface area contributed by atoms with Gasteiger partial charge in [-0.25, -0.2) is 0 Å². The second-order valence-electron chi connectivity index (χ2n) is 14.4. The second kappa shape index (κ2) is 13.3. The molecule has 4 fully saturated rings. The van der Waals surface area contributed by atoms with E-state index >= 15 is 0 Å². The number of likely N-dealkylation sites (N-methyl/N-ethyl adjacent to an activating group) is 1. The van der Waals surface area contributed by atoms with E-state index in [9.17, 15) is 24.0 Å². The molecule has 1 atom stereocenters. The number of carbonyl (C=O) groups excluding carboxylic acids is 4. The summed E-state index contributed by atoms with van der Waals surface area (Å²) in [5, 5.41) is 11.7. The van der Waals surface area contributed by atoms with E-state index in [-0.39, 0.29) is 35.0 Å². The maximum atomic E-state index is 13.5. The van der Waals surface area contributed by atoms with Crippen molar-refractivity contribution >= 4 is 29.2 Å². The molecule has 0 aliphatic heterocycles. The lowest BCUT2D eigenvalue weighted by molar-refractivity contribution is -0.138. The van der Waals surface area contributed by atoms with Gasteiger partial charge < -0.3 is 30.8 Å². The van der Waals surface area contributed by atoms with Gasteiger partial charge in [-0.05, 0) is 92.7 Å². The van der Waals surface area contributed by atoms with E-state index in [0.29, 0.717) is 25.2 Å². The molecule has 11 nitrogen and oxygen atoms in total. The summed E-state index contributed by atoms with van der Waals surface area (Å²) in [6.45, 7) is 9.05. The number of pyridine rings is 1. The number of H-pyrrole nitrogens is 1. The van der Waals surface area contributed by atoms with Crippen LogP contribution in [0.5, 0.6) is 0 Å². The lowest BCUT2D eigenvalue weighted by Crippen LogP contribution is -2.58. The Labute approximate surface area is 264 Å². The molecule has 4 aliphatic carbocycles. The Morgan fingerprint density at radius 3 is 2.33 bits per heavy atom. The third-order valence-corrected chi connectivity index (χ3v) is 9.84. The highest BCUT2D eigenvalue weighted by Gasteiger charge is 2.50. The van der Waals surface area contributed by atoms with Crippen molar-refractivity contribution in [3.8, 4) is 0 Å². The van der Waals surface area contributed by atoms with E-state index in [1.54, 1.807) is 36.1 Å². The van der Waals surface area contributed by atoms with Gasteiger partial charge in [0.15, 0.2) is 0 Å². The number of hydrogen-bond acceptors (Lipinski definition) is 6. The van der Waals surface area contributed by atoms with Crippen molar-refractivity contribution in [2.75, 3.05) is 18.4 Å². The van der Waals surface area contributed by atoms with Crippen LogP contribution in [0.4, 0.5) is 5.69 Å². The zero-order valence-electron chi connectivity index (χ0n) is 27.0. The third kappa shape index (κ3) is 7.57. The maximum absolute atomic E-state index is 13.5. The first-order valence-electron chi connectivity index (χ1n) is 16.4. The molecule has 2 heterocycles. The molecule has 45 heavy (non-hydrogen) atoms. The number of aromatic amines is 1. The van der Waals surface area contributed by atoms with Crippen molar-refractivity contribution < 1.29 is 19.2 Å². The lowest BCUT2D eigenvalue weighted by Gasteiger charge is -2.57. The van der Waals surface area contributed by atoms with Crippen LogP contribution in [0, 0.1) is 17.8 Å². The molecular weight excluding hydrogens is 572 g/mol. The van der Waals surface area contributed by atoms with E-state index in [1.807, 2.05) is 20.8 Å². The first-order chi connectivity index (χ1) is 21.4. The van der Waals surface area contributed by atoms with Crippen LogP contribution in [0.3, 0.4) is 0 Å². The quantitative estimate of drug-likeness (QED) is 0.217. The molecule has 4 bridgehead atoms. The first kappa shape index (κ1) is 32.7. The minimum absolute atomic E-state index is 0.0867. The fraction of sp³-hybridized carbons (Fsp3) is 0.618. The molecular formula is C34H48N6O5. The lowest BCUT2D eigenvalue weighted by atomic mass is 9.53. The minimum Gasteiger partial charge on any atom is -0.367 e. The first-order valence-corrected chi connectivity index (χ1v) is 16.4. The highest BCUT2D eigenvalue weighted by atomic mass is 16.2. The summed E-state index contributed by atoms with van der Waals surface area (Å²) in [6, 6.07) is 2.08. The monoisotopic (exact) mass is 620 g/mol. The molecule has 0 radical (unpaired) electrons. The van der Waals surface area contributed by atoms with Crippen molar-refractivity contribution in [3.05, 3.63) is 52.2 Å². The summed E-state index contributed by atoms with van der Waals surface area (Å²) >= 11 is 0. The molecule has 2 aromatic heterocycles. The van der Waals surface area contributed by atoms with Gasteiger partial charge in [0, 0.05) is 50.2 Å². The summed E-state index contributed by atoms with van der Waals surface area (Å²) < 4.78 is 1.59. The number of hydrogen-bond donors (Lipinski definition) is 5. The van der Waals surface area contributed by atoms with Crippen LogP contribution in [0.25, 0.3) is 0 Å². The van der Waals surface area contributed by atoms with Gasteiger partial charge >= 0.3 is 0 Å². The number of Topliss-reactive ketones (excluding diaryl/α,β-unsaturated/α-hetero) is 1.